The Balaban J connectivity index is 1.66. The first kappa shape index (κ1) is 35.2. The SMILES string of the molecule is CC(C)c1c(S(=O)(=O)N2CCC3(CCCCC3)CC2)c(-c2ccc(F)cc2)c(-c2ccc(F)cc2)n1CCC(O)CC(O)CC(=O)O. The zero-order chi connectivity index (χ0) is 33.9. The maximum absolute atomic E-state index is 14.9. The van der Waals surface area contributed by atoms with Crippen molar-refractivity contribution >= 4 is 16.0 Å². The predicted molar refractivity (Wildman–Crippen MR) is 176 cm³/mol. The van der Waals surface area contributed by atoms with Gasteiger partial charge < -0.3 is 19.9 Å². The Hall–Kier alpha value is -3.12. The molecule has 2 fully saturated rings. The smallest absolute Gasteiger partial charge is 0.305 e. The number of benzene rings is 2. The summed E-state index contributed by atoms with van der Waals surface area (Å²) in [4.78, 5) is 11.2. The van der Waals surface area contributed by atoms with Gasteiger partial charge in [0.1, 0.15) is 16.5 Å². The number of aromatic nitrogens is 1. The third-order valence-electron chi connectivity index (χ3n) is 9.99. The highest BCUT2D eigenvalue weighted by atomic mass is 32.2. The highest BCUT2D eigenvalue weighted by Crippen LogP contribution is 2.49. The topological polar surface area (TPSA) is 120 Å². The fraction of sp³-hybridized carbons (Fsp3) is 0.528. The van der Waals surface area contributed by atoms with Gasteiger partial charge >= 0.3 is 5.97 Å². The van der Waals surface area contributed by atoms with Crippen molar-refractivity contribution in [3.05, 3.63) is 65.9 Å². The molecule has 3 aromatic rings. The quantitative estimate of drug-likeness (QED) is 0.192. The van der Waals surface area contributed by atoms with Gasteiger partial charge in [0.05, 0.1) is 24.3 Å². The summed E-state index contributed by atoms with van der Waals surface area (Å²) in [6.07, 6.45) is 4.49. The molecule has 2 atom stereocenters. The summed E-state index contributed by atoms with van der Waals surface area (Å²) in [7, 11) is -4.09. The van der Waals surface area contributed by atoms with E-state index in [1.54, 1.807) is 28.6 Å². The van der Waals surface area contributed by atoms with Crippen molar-refractivity contribution in [2.45, 2.75) is 108 Å². The molecule has 3 N–H and O–H groups in total. The number of hydrogen-bond donors (Lipinski definition) is 3. The molecule has 0 amide bonds. The Kier molecular flexibility index (Phi) is 10.9. The maximum atomic E-state index is 14.9. The molecule has 0 bridgehead atoms. The molecule has 2 aliphatic rings. The lowest BCUT2D eigenvalue weighted by Crippen LogP contribution is -2.44. The van der Waals surface area contributed by atoms with E-state index in [9.17, 15) is 32.2 Å². The fourth-order valence-corrected chi connectivity index (χ4v) is 9.60. The van der Waals surface area contributed by atoms with Crippen molar-refractivity contribution in [3.8, 4) is 22.4 Å². The first-order chi connectivity index (χ1) is 22.3. The fourth-order valence-electron chi connectivity index (χ4n) is 7.60. The molecule has 1 saturated heterocycles. The molecule has 256 valence electrons. The first-order valence-electron chi connectivity index (χ1n) is 16.7. The van der Waals surface area contributed by atoms with E-state index in [1.807, 2.05) is 18.4 Å². The lowest BCUT2D eigenvalue weighted by Gasteiger charge is -2.43. The minimum absolute atomic E-state index is 0.0911. The number of piperidine rings is 1. The van der Waals surface area contributed by atoms with Gasteiger partial charge in [-0.2, -0.15) is 4.31 Å². The summed E-state index contributed by atoms with van der Waals surface area (Å²) in [5.41, 5.74) is 2.62. The van der Waals surface area contributed by atoms with Crippen molar-refractivity contribution in [1.29, 1.82) is 0 Å². The average Bonchev–Trinajstić information content (AvgIpc) is 3.37. The molecule has 11 heteroatoms. The molecule has 1 aliphatic heterocycles. The molecule has 2 aromatic carbocycles. The van der Waals surface area contributed by atoms with Crippen LogP contribution in [0.2, 0.25) is 0 Å². The van der Waals surface area contributed by atoms with Gasteiger partial charge in [-0.15, -0.1) is 0 Å². The molecule has 47 heavy (non-hydrogen) atoms. The minimum Gasteiger partial charge on any atom is -0.481 e. The maximum Gasteiger partial charge on any atom is 0.305 e. The van der Waals surface area contributed by atoms with Gasteiger partial charge in [-0.25, -0.2) is 17.2 Å². The average molecular weight is 673 g/mol. The second kappa shape index (κ2) is 14.6. The van der Waals surface area contributed by atoms with E-state index in [2.05, 4.69) is 0 Å². The number of hydrogen-bond acceptors (Lipinski definition) is 5. The summed E-state index contributed by atoms with van der Waals surface area (Å²) in [5.74, 6) is -2.42. The Morgan fingerprint density at radius 3 is 1.94 bits per heavy atom. The highest BCUT2D eigenvalue weighted by molar-refractivity contribution is 7.89. The standard InChI is InChI=1S/C36H46F2N2O6S/c1-24(2)33-35(47(45,46)39-20-17-36(18-21-39)15-4-3-5-16-36)32(25-6-10-27(37)11-7-25)34(26-8-12-28(38)13-9-26)40(33)19-14-29(41)22-30(42)23-31(43)44/h6-13,24,29-30,41-42H,3-5,14-23H2,1-2H3,(H,43,44). The van der Waals surface area contributed by atoms with E-state index < -0.39 is 46.3 Å². The van der Waals surface area contributed by atoms with E-state index >= 15 is 0 Å². The number of sulfonamides is 1. The monoisotopic (exact) mass is 672 g/mol. The Morgan fingerprint density at radius 1 is 0.851 bits per heavy atom. The molecule has 1 spiro atoms. The van der Waals surface area contributed by atoms with Gasteiger partial charge in [0.15, 0.2) is 0 Å². The molecule has 5 rings (SSSR count). The number of nitrogens with zero attached hydrogens (tertiary/aromatic N) is 2. The second-order valence-electron chi connectivity index (χ2n) is 13.7. The van der Waals surface area contributed by atoms with E-state index in [1.165, 1.54) is 43.5 Å². The lowest BCUT2D eigenvalue weighted by atomic mass is 9.68. The van der Waals surface area contributed by atoms with Crippen molar-refractivity contribution in [3.63, 3.8) is 0 Å². The first-order valence-corrected chi connectivity index (χ1v) is 18.1. The summed E-state index contributed by atoms with van der Waals surface area (Å²) in [6, 6.07) is 11.4. The van der Waals surface area contributed by atoms with Crippen LogP contribution < -0.4 is 0 Å². The number of carboxylic acid groups (broad SMARTS) is 1. The summed E-state index contributed by atoms with van der Waals surface area (Å²) >= 11 is 0. The molecule has 1 aliphatic carbocycles. The van der Waals surface area contributed by atoms with Crippen molar-refractivity contribution < 1.29 is 37.3 Å². The van der Waals surface area contributed by atoms with Crippen LogP contribution in [0.15, 0.2) is 53.4 Å². The van der Waals surface area contributed by atoms with Crippen LogP contribution in [0.3, 0.4) is 0 Å². The molecule has 0 radical (unpaired) electrons. The van der Waals surface area contributed by atoms with Crippen LogP contribution in [0.1, 0.15) is 89.7 Å². The number of halogens is 2. The molecular weight excluding hydrogens is 626 g/mol. The third kappa shape index (κ3) is 7.80. The van der Waals surface area contributed by atoms with Gasteiger partial charge in [-0.3, -0.25) is 4.79 Å². The van der Waals surface area contributed by atoms with Gasteiger partial charge in [0.2, 0.25) is 10.0 Å². The van der Waals surface area contributed by atoms with Crippen LogP contribution in [0.4, 0.5) is 8.78 Å². The number of carbonyl (C=O) groups is 1. The molecule has 2 heterocycles. The summed E-state index contributed by atoms with van der Waals surface area (Å²) in [6.45, 7) is 4.73. The summed E-state index contributed by atoms with van der Waals surface area (Å²) < 4.78 is 61.7. The van der Waals surface area contributed by atoms with Gasteiger partial charge in [0, 0.05) is 30.9 Å². The van der Waals surface area contributed by atoms with Gasteiger partial charge in [0.25, 0.3) is 0 Å². The van der Waals surface area contributed by atoms with Gasteiger partial charge in [-0.1, -0.05) is 45.2 Å². The van der Waals surface area contributed by atoms with Crippen LogP contribution in [0, 0.1) is 17.0 Å². The predicted octanol–water partition coefficient (Wildman–Crippen LogP) is 6.94. The van der Waals surface area contributed by atoms with Crippen molar-refractivity contribution in [2.24, 2.45) is 5.41 Å². The number of carboxylic acids is 1. The number of aliphatic carboxylic acids is 1. The van der Waals surface area contributed by atoms with Gasteiger partial charge in [-0.05, 0) is 97.4 Å². The Morgan fingerprint density at radius 2 is 1.40 bits per heavy atom. The number of rotatable bonds is 12. The minimum atomic E-state index is -4.09. The van der Waals surface area contributed by atoms with E-state index in [0.717, 1.165) is 25.7 Å². The lowest BCUT2D eigenvalue weighted by molar-refractivity contribution is -0.139. The molecule has 8 nitrogen and oxygen atoms in total. The molecule has 1 saturated carbocycles. The third-order valence-corrected chi connectivity index (χ3v) is 12.0. The van der Waals surface area contributed by atoms with E-state index in [0.29, 0.717) is 41.2 Å². The zero-order valence-corrected chi connectivity index (χ0v) is 28.0. The van der Waals surface area contributed by atoms with E-state index in [-0.39, 0.29) is 35.6 Å². The van der Waals surface area contributed by atoms with Crippen molar-refractivity contribution in [1.82, 2.24) is 8.87 Å². The summed E-state index contributed by atoms with van der Waals surface area (Å²) in [5, 5.41) is 30.0. The van der Waals surface area contributed by atoms with Crippen LogP contribution >= 0.6 is 0 Å². The normalized spacial score (nSPS) is 18.4. The zero-order valence-electron chi connectivity index (χ0n) is 27.2. The Bertz CT molecular complexity index is 1640. The second-order valence-corrected chi connectivity index (χ2v) is 15.5. The Labute approximate surface area is 276 Å². The number of aliphatic hydroxyl groups excluding tert-OH is 2. The molecule has 2 unspecified atom stereocenters. The highest BCUT2D eigenvalue weighted by Gasteiger charge is 2.42. The van der Waals surface area contributed by atoms with Crippen molar-refractivity contribution in [2.75, 3.05) is 13.1 Å². The number of aliphatic hydroxyl groups is 2. The van der Waals surface area contributed by atoms with Crippen LogP contribution in [0.25, 0.3) is 22.4 Å². The largest absolute Gasteiger partial charge is 0.481 e. The van der Waals surface area contributed by atoms with Crippen LogP contribution in [-0.4, -0.2) is 63.9 Å². The molecule has 1 aromatic heterocycles. The molecular formula is C36H46F2N2O6S. The van der Waals surface area contributed by atoms with Crippen LogP contribution in [0.5, 0.6) is 0 Å². The van der Waals surface area contributed by atoms with E-state index in [4.69, 9.17) is 5.11 Å². The van der Waals surface area contributed by atoms with Crippen LogP contribution in [-0.2, 0) is 21.4 Å².